The van der Waals surface area contributed by atoms with E-state index in [9.17, 15) is 0 Å². The van der Waals surface area contributed by atoms with Gasteiger partial charge in [0.2, 0.25) is 0 Å². The maximum atomic E-state index is 6.15. The third kappa shape index (κ3) is 2.60. The number of rotatable bonds is 3. The second-order valence-electron chi connectivity index (χ2n) is 3.75. The molecule has 0 aliphatic carbocycles. The zero-order valence-corrected chi connectivity index (χ0v) is 10.8. The first-order valence-electron chi connectivity index (χ1n) is 5.19. The van der Waals surface area contributed by atoms with E-state index in [1.54, 1.807) is 16.9 Å². The molecule has 2 rings (SSSR count). The number of nitrogens with zero attached hydrogens (tertiary/aromatic N) is 3. The molecule has 0 saturated heterocycles. The first-order valence-corrected chi connectivity index (χ1v) is 5.94. The summed E-state index contributed by atoms with van der Waals surface area (Å²) in [5, 5.41) is 9.26. The Labute approximate surface area is 109 Å². The summed E-state index contributed by atoms with van der Waals surface area (Å²) in [5.74, 6) is 0. The fourth-order valence-electron chi connectivity index (χ4n) is 1.49. The number of benzene rings is 1. The van der Waals surface area contributed by atoms with Crippen LogP contribution in [0.3, 0.4) is 0 Å². The van der Waals surface area contributed by atoms with Crippen molar-refractivity contribution in [3.05, 3.63) is 39.6 Å². The van der Waals surface area contributed by atoms with Crippen molar-refractivity contribution in [1.82, 2.24) is 15.0 Å². The van der Waals surface area contributed by atoms with Crippen molar-refractivity contribution >= 4 is 23.2 Å². The molecule has 0 aliphatic rings. The lowest BCUT2D eigenvalue weighted by Crippen LogP contribution is -2.02. The molecule has 0 fully saturated rings. The highest BCUT2D eigenvalue weighted by Gasteiger charge is 2.09. The Morgan fingerprint density at radius 3 is 2.76 bits per heavy atom. The Hall–Kier alpha value is -1.10. The van der Waals surface area contributed by atoms with Crippen LogP contribution in [0, 0.1) is 6.92 Å². The third-order valence-corrected chi connectivity index (χ3v) is 3.13. The fraction of sp³-hybridized carbons (Fsp3) is 0.273. The first-order chi connectivity index (χ1) is 8.11. The van der Waals surface area contributed by atoms with E-state index in [0.717, 1.165) is 16.9 Å². The van der Waals surface area contributed by atoms with Crippen LogP contribution in [0.15, 0.2) is 18.3 Å². The Morgan fingerprint density at radius 1 is 1.29 bits per heavy atom. The maximum absolute atomic E-state index is 6.15. The standard InChI is InChI=1S/C11H12Cl2N4/c1-7-4-10(13)11(5-9(7)12)17-6-8(2-3-14)15-16-17/h4-6H,2-3,14H2,1H3. The Kier molecular flexibility index (Phi) is 3.66. The van der Waals surface area contributed by atoms with Crippen molar-refractivity contribution in [2.75, 3.05) is 6.54 Å². The molecule has 0 aliphatic heterocycles. The predicted octanol–water partition coefficient (Wildman–Crippen LogP) is 2.38. The molecule has 17 heavy (non-hydrogen) atoms. The number of hydrogen-bond donors (Lipinski definition) is 1. The summed E-state index contributed by atoms with van der Waals surface area (Å²) in [6.07, 6.45) is 2.50. The highest BCUT2D eigenvalue weighted by molar-refractivity contribution is 6.35. The number of aromatic nitrogens is 3. The highest BCUT2D eigenvalue weighted by atomic mass is 35.5. The van der Waals surface area contributed by atoms with Gasteiger partial charge in [0.05, 0.1) is 22.6 Å². The van der Waals surface area contributed by atoms with Crippen molar-refractivity contribution in [3.8, 4) is 5.69 Å². The normalized spacial score (nSPS) is 10.8. The lowest BCUT2D eigenvalue weighted by Gasteiger charge is -2.06. The summed E-state index contributed by atoms with van der Waals surface area (Å²) >= 11 is 12.2. The zero-order valence-electron chi connectivity index (χ0n) is 9.32. The van der Waals surface area contributed by atoms with Gasteiger partial charge < -0.3 is 5.73 Å². The van der Waals surface area contributed by atoms with Crippen molar-refractivity contribution in [3.63, 3.8) is 0 Å². The van der Waals surface area contributed by atoms with Gasteiger partial charge in [-0.2, -0.15) is 0 Å². The van der Waals surface area contributed by atoms with Crippen LogP contribution in [0.5, 0.6) is 0 Å². The molecule has 6 heteroatoms. The van der Waals surface area contributed by atoms with Crippen LogP contribution in [0.25, 0.3) is 5.69 Å². The van der Waals surface area contributed by atoms with Crippen LogP contribution in [0.1, 0.15) is 11.3 Å². The van der Waals surface area contributed by atoms with E-state index in [1.807, 2.05) is 13.0 Å². The van der Waals surface area contributed by atoms with Crippen LogP contribution in [0.2, 0.25) is 10.0 Å². The smallest absolute Gasteiger partial charge is 0.0864 e. The molecule has 0 saturated carbocycles. The minimum atomic E-state index is 0.543. The molecule has 4 nitrogen and oxygen atoms in total. The van der Waals surface area contributed by atoms with Gasteiger partial charge in [-0.15, -0.1) is 5.10 Å². The van der Waals surface area contributed by atoms with E-state index < -0.39 is 0 Å². The molecule has 0 unspecified atom stereocenters. The molecule has 1 aromatic carbocycles. The molecule has 0 radical (unpaired) electrons. The Bertz CT molecular complexity index is 536. The second kappa shape index (κ2) is 5.04. The minimum absolute atomic E-state index is 0.543. The Morgan fingerprint density at radius 2 is 2.06 bits per heavy atom. The van der Waals surface area contributed by atoms with E-state index in [0.29, 0.717) is 23.0 Å². The van der Waals surface area contributed by atoms with Crippen molar-refractivity contribution < 1.29 is 0 Å². The van der Waals surface area contributed by atoms with Crippen LogP contribution in [-0.4, -0.2) is 21.5 Å². The summed E-state index contributed by atoms with van der Waals surface area (Å²) in [7, 11) is 0. The monoisotopic (exact) mass is 270 g/mol. The number of hydrogen-bond acceptors (Lipinski definition) is 3. The average Bonchev–Trinajstić information content (AvgIpc) is 2.72. The van der Waals surface area contributed by atoms with E-state index in [2.05, 4.69) is 10.3 Å². The molecule has 0 amide bonds. The second-order valence-corrected chi connectivity index (χ2v) is 4.56. The van der Waals surface area contributed by atoms with Gasteiger partial charge in [-0.1, -0.05) is 28.4 Å². The SMILES string of the molecule is Cc1cc(Cl)c(-n2cc(CCN)nn2)cc1Cl. The van der Waals surface area contributed by atoms with E-state index in [-0.39, 0.29) is 0 Å². The average molecular weight is 271 g/mol. The number of aryl methyl sites for hydroxylation is 1. The topological polar surface area (TPSA) is 56.7 Å². The van der Waals surface area contributed by atoms with Crippen LogP contribution >= 0.6 is 23.2 Å². The molecule has 1 aromatic heterocycles. The van der Waals surface area contributed by atoms with Gasteiger partial charge in [-0.25, -0.2) is 4.68 Å². The van der Waals surface area contributed by atoms with Crippen LogP contribution in [-0.2, 0) is 6.42 Å². The van der Waals surface area contributed by atoms with Crippen molar-refractivity contribution in [2.24, 2.45) is 5.73 Å². The first kappa shape index (κ1) is 12.4. The molecular weight excluding hydrogens is 259 g/mol. The molecule has 90 valence electrons. The molecule has 0 spiro atoms. The summed E-state index contributed by atoms with van der Waals surface area (Å²) < 4.78 is 1.61. The molecule has 2 N–H and O–H groups in total. The van der Waals surface area contributed by atoms with E-state index >= 15 is 0 Å². The summed E-state index contributed by atoms with van der Waals surface area (Å²) in [6.45, 7) is 2.44. The van der Waals surface area contributed by atoms with Crippen molar-refractivity contribution in [1.29, 1.82) is 0 Å². The number of halogens is 2. The predicted molar refractivity (Wildman–Crippen MR) is 68.9 cm³/mol. The molecule has 0 atom stereocenters. The number of nitrogens with two attached hydrogens (primary N) is 1. The van der Waals surface area contributed by atoms with Gasteiger partial charge in [0, 0.05) is 11.4 Å². The van der Waals surface area contributed by atoms with Crippen LogP contribution < -0.4 is 5.73 Å². The third-order valence-electron chi connectivity index (χ3n) is 2.42. The zero-order chi connectivity index (χ0) is 12.4. The molecular formula is C11H12Cl2N4. The van der Waals surface area contributed by atoms with E-state index in [4.69, 9.17) is 28.9 Å². The van der Waals surface area contributed by atoms with Crippen molar-refractivity contribution in [2.45, 2.75) is 13.3 Å². The maximum Gasteiger partial charge on any atom is 0.0864 e. The Balaban J connectivity index is 2.41. The molecule has 2 aromatic rings. The lowest BCUT2D eigenvalue weighted by atomic mass is 10.2. The minimum Gasteiger partial charge on any atom is -0.330 e. The van der Waals surface area contributed by atoms with Gasteiger partial charge in [0.1, 0.15) is 0 Å². The molecule has 1 heterocycles. The quantitative estimate of drug-likeness (QED) is 0.932. The highest BCUT2D eigenvalue weighted by Crippen LogP contribution is 2.27. The van der Waals surface area contributed by atoms with Gasteiger partial charge in [-0.05, 0) is 31.2 Å². The molecule has 0 bridgehead atoms. The van der Waals surface area contributed by atoms with Crippen LogP contribution in [0.4, 0.5) is 0 Å². The summed E-state index contributed by atoms with van der Waals surface area (Å²) in [4.78, 5) is 0. The van der Waals surface area contributed by atoms with E-state index in [1.165, 1.54) is 0 Å². The largest absolute Gasteiger partial charge is 0.330 e. The van der Waals surface area contributed by atoms with Gasteiger partial charge in [0.25, 0.3) is 0 Å². The lowest BCUT2D eigenvalue weighted by molar-refractivity contribution is 0.795. The van der Waals surface area contributed by atoms with Gasteiger partial charge in [-0.3, -0.25) is 0 Å². The van der Waals surface area contributed by atoms with Gasteiger partial charge >= 0.3 is 0 Å². The fourth-order valence-corrected chi connectivity index (χ4v) is 1.95. The van der Waals surface area contributed by atoms with Gasteiger partial charge in [0.15, 0.2) is 0 Å². The summed E-state index contributed by atoms with van der Waals surface area (Å²) in [6, 6.07) is 3.59. The summed E-state index contributed by atoms with van der Waals surface area (Å²) in [5.41, 5.74) is 7.95.